The lowest BCUT2D eigenvalue weighted by molar-refractivity contribution is 0.0697. The summed E-state index contributed by atoms with van der Waals surface area (Å²) in [4.78, 5) is 24.9. The van der Waals surface area contributed by atoms with Gasteiger partial charge in [0.15, 0.2) is 0 Å². The first kappa shape index (κ1) is 13.9. The highest BCUT2D eigenvalue weighted by Crippen LogP contribution is 2.29. The number of nitrogens with zero attached hydrogens (tertiary/aromatic N) is 1. The van der Waals surface area contributed by atoms with E-state index in [2.05, 4.69) is 5.32 Å². The van der Waals surface area contributed by atoms with E-state index in [0.29, 0.717) is 31.3 Å². The molecule has 21 heavy (non-hydrogen) atoms. The van der Waals surface area contributed by atoms with E-state index in [-0.39, 0.29) is 11.6 Å². The van der Waals surface area contributed by atoms with Crippen LogP contribution in [0, 0.1) is 5.92 Å². The highest BCUT2D eigenvalue weighted by molar-refractivity contribution is 5.96. The van der Waals surface area contributed by atoms with Crippen LogP contribution in [0.4, 0.5) is 10.5 Å². The van der Waals surface area contributed by atoms with Crippen LogP contribution in [0.5, 0.6) is 0 Å². The molecular formula is C15H18N2O4. The van der Waals surface area contributed by atoms with Crippen molar-refractivity contribution in [1.82, 2.24) is 5.32 Å². The molecule has 0 bridgehead atoms. The molecule has 0 saturated carbocycles. The molecule has 1 saturated heterocycles. The second kappa shape index (κ2) is 5.73. The Balaban J connectivity index is 1.68. The van der Waals surface area contributed by atoms with Crippen molar-refractivity contribution in [3.05, 3.63) is 29.3 Å². The van der Waals surface area contributed by atoms with E-state index < -0.39 is 5.97 Å². The predicted octanol–water partition coefficient (Wildman–Crippen LogP) is 1.49. The summed E-state index contributed by atoms with van der Waals surface area (Å²) in [5, 5.41) is 12.0. The number of nitrogens with one attached hydrogen (secondary N) is 1. The number of urea groups is 1. The lowest BCUT2D eigenvalue weighted by Crippen LogP contribution is -2.41. The van der Waals surface area contributed by atoms with Gasteiger partial charge in [0, 0.05) is 31.3 Å². The van der Waals surface area contributed by atoms with Gasteiger partial charge in [0.05, 0.1) is 12.2 Å². The Morgan fingerprint density at radius 3 is 3.00 bits per heavy atom. The zero-order valence-electron chi connectivity index (χ0n) is 11.7. The molecule has 6 nitrogen and oxygen atoms in total. The van der Waals surface area contributed by atoms with Gasteiger partial charge >= 0.3 is 12.0 Å². The zero-order chi connectivity index (χ0) is 14.8. The Labute approximate surface area is 122 Å². The number of aromatic carboxylic acids is 1. The molecule has 2 N–H and O–H groups in total. The molecule has 1 atom stereocenters. The largest absolute Gasteiger partial charge is 0.478 e. The summed E-state index contributed by atoms with van der Waals surface area (Å²) in [5.74, 6) is -0.602. The fraction of sp³-hybridized carbons (Fsp3) is 0.467. The van der Waals surface area contributed by atoms with Gasteiger partial charge in [-0.1, -0.05) is 6.07 Å². The van der Waals surface area contributed by atoms with Gasteiger partial charge in [0.1, 0.15) is 0 Å². The smallest absolute Gasteiger partial charge is 0.335 e. The van der Waals surface area contributed by atoms with Crippen LogP contribution < -0.4 is 10.2 Å². The molecule has 2 aliphatic heterocycles. The van der Waals surface area contributed by atoms with Crippen molar-refractivity contribution >= 4 is 17.7 Å². The van der Waals surface area contributed by atoms with Crippen molar-refractivity contribution in [3.8, 4) is 0 Å². The van der Waals surface area contributed by atoms with Gasteiger partial charge in [-0.05, 0) is 30.5 Å². The van der Waals surface area contributed by atoms with Crippen molar-refractivity contribution in [1.29, 1.82) is 0 Å². The number of carboxylic acid groups (broad SMARTS) is 1. The molecule has 0 aliphatic carbocycles. The van der Waals surface area contributed by atoms with E-state index in [4.69, 9.17) is 9.84 Å². The first-order chi connectivity index (χ1) is 10.1. The van der Waals surface area contributed by atoms with E-state index >= 15 is 0 Å². The Morgan fingerprint density at radius 1 is 1.43 bits per heavy atom. The fourth-order valence-electron chi connectivity index (χ4n) is 2.79. The molecule has 1 aromatic rings. The van der Waals surface area contributed by atoms with Crippen LogP contribution in [0.2, 0.25) is 0 Å². The van der Waals surface area contributed by atoms with Gasteiger partial charge in [0.2, 0.25) is 0 Å². The lowest BCUT2D eigenvalue weighted by Gasteiger charge is -2.19. The number of hydrogen-bond donors (Lipinski definition) is 2. The monoisotopic (exact) mass is 290 g/mol. The molecule has 2 aliphatic rings. The van der Waals surface area contributed by atoms with Crippen LogP contribution in [0.3, 0.4) is 0 Å². The van der Waals surface area contributed by atoms with E-state index in [9.17, 15) is 9.59 Å². The van der Waals surface area contributed by atoms with Gasteiger partial charge in [-0.25, -0.2) is 9.59 Å². The van der Waals surface area contributed by atoms with Crippen molar-refractivity contribution < 1.29 is 19.4 Å². The number of carbonyl (C=O) groups excluding carboxylic acids is 1. The van der Waals surface area contributed by atoms with Crippen LogP contribution >= 0.6 is 0 Å². The molecule has 3 rings (SSSR count). The van der Waals surface area contributed by atoms with Crippen molar-refractivity contribution in [2.24, 2.45) is 5.92 Å². The van der Waals surface area contributed by atoms with E-state index in [0.717, 1.165) is 25.0 Å². The molecular weight excluding hydrogens is 272 g/mol. The van der Waals surface area contributed by atoms with Gasteiger partial charge in [-0.3, -0.25) is 4.90 Å². The third-order valence-corrected chi connectivity index (χ3v) is 4.04. The SMILES string of the molecule is O=C(O)c1ccc2c(c1)N(C(=O)NCC1CCOC1)CC2. The number of benzene rings is 1. The van der Waals surface area contributed by atoms with Gasteiger partial charge in [-0.15, -0.1) is 0 Å². The standard InChI is InChI=1S/C15H18N2O4/c18-14(19)12-2-1-11-3-5-17(13(11)7-12)15(20)16-8-10-4-6-21-9-10/h1-2,7,10H,3-6,8-9H2,(H,16,20)(H,18,19). The van der Waals surface area contributed by atoms with Gasteiger partial charge < -0.3 is 15.2 Å². The van der Waals surface area contributed by atoms with Crippen LogP contribution in [0.15, 0.2) is 18.2 Å². The van der Waals surface area contributed by atoms with Gasteiger partial charge in [0.25, 0.3) is 0 Å². The fourth-order valence-corrected chi connectivity index (χ4v) is 2.79. The molecule has 1 aromatic carbocycles. The number of fused-ring (bicyclic) bond motifs is 1. The summed E-state index contributed by atoms with van der Waals surface area (Å²) < 4.78 is 5.28. The molecule has 1 unspecified atom stereocenters. The Kier molecular flexibility index (Phi) is 3.79. The molecule has 1 fully saturated rings. The highest BCUT2D eigenvalue weighted by atomic mass is 16.5. The highest BCUT2D eigenvalue weighted by Gasteiger charge is 2.26. The number of hydrogen-bond acceptors (Lipinski definition) is 3. The van der Waals surface area contributed by atoms with E-state index in [1.165, 1.54) is 0 Å². The van der Waals surface area contributed by atoms with E-state index in [1.54, 1.807) is 23.1 Å². The quantitative estimate of drug-likeness (QED) is 0.884. The summed E-state index contributed by atoms with van der Waals surface area (Å²) in [7, 11) is 0. The third kappa shape index (κ3) is 2.85. The van der Waals surface area contributed by atoms with Crippen molar-refractivity contribution in [3.63, 3.8) is 0 Å². The third-order valence-electron chi connectivity index (χ3n) is 4.04. The summed E-state index contributed by atoms with van der Waals surface area (Å²) in [6, 6.07) is 4.78. The lowest BCUT2D eigenvalue weighted by atomic mass is 10.1. The molecule has 6 heteroatoms. The minimum atomic E-state index is -0.979. The van der Waals surface area contributed by atoms with Crippen LogP contribution in [-0.4, -0.2) is 43.4 Å². The average molecular weight is 290 g/mol. The average Bonchev–Trinajstić information content (AvgIpc) is 3.13. The zero-order valence-corrected chi connectivity index (χ0v) is 11.7. The summed E-state index contributed by atoms with van der Waals surface area (Å²) >= 11 is 0. The molecule has 112 valence electrons. The number of amides is 2. The molecule has 2 heterocycles. The van der Waals surface area contributed by atoms with Crippen LogP contribution in [-0.2, 0) is 11.2 Å². The van der Waals surface area contributed by atoms with E-state index in [1.807, 2.05) is 0 Å². The first-order valence-corrected chi connectivity index (χ1v) is 7.14. The molecule has 0 radical (unpaired) electrons. The normalized spacial score (nSPS) is 20.4. The number of ether oxygens (including phenoxy) is 1. The first-order valence-electron chi connectivity index (χ1n) is 7.14. The summed E-state index contributed by atoms with van der Waals surface area (Å²) in [5.41, 5.74) is 1.92. The molecule has 2 amide bonds. The predicted molar refractivity (Wildman–Crippen MR) is 76.8 cm³/mol. The van der Waals surface area contributed by atoms with Gasteiger partial charge in [-0.2, -0.15) is 0 Å². The molecule has 0 spiro atoms. The maximum Gasteiger partial charge on any atom is 0.335 e. The Bertz CT molecular complexity index is 567. The topological polar surface area (TPSA) is 78.9 Å². The van der Waals surface area contributed by atoms with Crippen LogP contribution in [0.1, 0.15) is 22.3 Å². The number of anilines is 1. The van der Waals surface area contributed by atoms with Crippen molar-refractivity contribution in [2.75, 3.05) is 31.2 Å². The summed E-state index contributed by atoms with van der Waals surface area (Å²) in [6.07, 6.45) is 1.73. The molecule has 0 aromatic heterocycles. The number of carboxylic acids is 1. The minimum absolute atomic E-state index is 0.164. The Morgan fingerprint density at radius 2 is 2.29 bits per heavy atom. The summed E-state index contributed by atoms with van der Waals surface area (Å²) in [6.45, 7) is 2.64. The maximum absolute atomic E-state index is 12.3. The van der Waals surface area contributed by atoms with Crippen molar-refractivity contribution in [2.45, 2.75) is 12.8 Å². The maximum atomic E-state index is 12.3. The second-order valence-corrected chi connectivity index (χ2v) is 5.47. The van der Waals surface area contributed by atoms with Crippen LogP contribution in [0.25, 0.3) is 0 Å². The minimum Gasteiger partial charge on any atom is -0.478 e. The number of carbonyl (C=O) groups is 2. The second-order valence-electron chi connectivity index (χ2n) is 5.47. The number of rotatable bonds is 3. The Hall–Kier alpha value is -2.08.